The Morgan fingerprint density at radius 3 is 3.00 bits per heavy atom. The van der Waals surface area contributed by atoms with Crippen molar-refractivity contribution in [3.05, 3.63) is 22.7 Å². The maximum Gasteiger partial charge on any atom is 0.308 e. The molecule has 0 unspecified atom stereocenters. The zero-order chi connectivity index (χ0) is 10.1. The first-order chi connectivity index (χ1) is 6.68. The average Bonchev–Trinajstić information content (AvgIpc) is 2.57. The summed E-state index contributed by atoms with van der Waals surface area (Å²) >= 11 is 5.85. The largest absolute Gasteiger partial charge is 0.481 e. The summed E-state index contributed by atoms with van der Waals surface area (Å²) in [6, 6.07) is 3.27. The van der Waals surface area contributed by atoms with Crippen molar-refractivity contribution < 1.29 is 19.4 Å². The van der Waals surface area contributed by atoms with E-state index < -0.39 is 5.97 Å². The van der Waals surface area contributed by atoms with Crippen LogP contribution in [0.15, 0.2) is 12.1 Å². The van der Waals surface area contributed by atoms with Crippen LogP contribution >= 0.6 is 11.6 Å². The van der Waals surface area contributed by atoms with E-state index >= 15 is 0 Å². The zero-order valence-electron chi connectivity index (χ0n) is 7.12. The minimum atomic E-state index is -0.948. The molecule has 4 nitrogen and oxygen atoms in total. The van der Waals surface area contributed by atoms with Crippen LogP contribution < -0.4 is 9.47 Å². The van der Waals surface area contributed by atoms with Gasteiger partial charge in [0.25, 0.3) is 0 Å². The molecule has 0 fully saturated rings. The quantitative estimate of drug-likeness (QED) is 0.814. The third kappa shape index (κ3) is 1.48. The monoisotopic (exact) mass is 214 g/mol. The van der Waals surface area contributed by atoms with Gasteiger partial charge in [-0.2, -0.15) is 0 Å². The molecule has 1 aromatic carbocycles. The Morgan fingerprint density at radius 2 is 2.29 bits per heavy atom. The van der Waals surface area contributed by atoms with Gasteiger partial charge in [-0.1, -0.05) is 11.6 Å². The van der Waals surface area contributed by atoms with E-state index in [1.165, 1.54) is 0 Å². The van der Waals surface area contributed by atoms with Crippen molar-refractivity contribution in [1.82, 2.24) is 0 Å². The summed E-state index contributed by atoms with van der Waals surface area (Å²) in [5.74, 6) is 0.0429. The number of carboxylic acid groups (broad SMARTS) is 1. The predicted octanol–water partition coefficient (Wildman–Crippen LogP) is 1.70. The van der Waals surface area contributed by atoms with E-state index in [2.05, 4.69) is 0 Å². The minimum Gasteiger partial charge on any atom is -0.481 e. The summed E-state index contributed by atoms with van der Waals surface area (Å²) in [5.41, 5.74) is 0.467. The first-order valence-corrected chi connectivity index (χ1v) is 4.35. The van der Waals surface area contributed by atoms with Crippen molar-refractivity contribution in [2.24, 2.45) is 0 Å². The SMILES string of the molecule is O=C(O)Cc1c(Cl)ccc2c1OCO2. The van der Waals surface area contributed by atoms with Crippen LogP contribution in [0, 0.1) is 0 Å². The predicted molar refractivity (Wildman–Crippen MR) is 48.9 cm³/mol. The van der Waals surface area contributed by atoms with E-state index in [4.69, 9.17) is 26.2 Å². The Balaban J connectivity index is 2.46. The molecule has 0 bridgehead atoms. The van der Waals surface area contributed by atoms with Crippen molar-refractivity contribution in [3.63, 3.8) is 0 Å². The molecule has 1 heterocycles. The van der Waals surface area contributed by atoms with Gasteiger partial charge >= 0.3 is 5.97 Å². The van der Waals surface area contributed by atoms with Crippen LogP contribution in [0.1, 0.15) is 5.56 Å². The van der Waals surface area contributed by atoms with Gasteiger partial charge < -0.3 is 14.6 Å². The Labute approximate surface area is 85.0 Å². The summed E-state index contributed by atoms with van der Waals surface area (Å²) in [4.78, 5) is 10.6. The van der Waals surface area contributed by atoms with Crippen LogP contribution in [0.25, 0.3) is 0 Å². The number of fused-ring (bicyclic) bond motifs is 1. The Bertz CT molecular complexity index is 389. The maximum absolute atomic E-state index is 10.6. The van der Waals surface area contributed by atoms with E-state index in [0.717, 1.165) is 0 Å². The molecule has 5 heteroatoms. The fourth-order valence-corrected chi connectivity index (χ4v) is 1.54. The van der Waals surface area contributed by atoms with Gasteiger partial charge in [0.05, 0.1) is 6.42 Å². The Hall–Kier alpha value is -1.42. The number of carbonyl (C=O) groups is 1. The lowest BCUT2D eigenvalue weighted by Gasteiger charge is -2.04. The summed E-state index contributed by atoms with van der Waals surface area (Å²) in [6.07, 6.45) is -0.161. The second-order valence-electron chi connectivity index (χ2n) is 2.83. The molecule has 1 aromatic rings. The number of aliphatic carboxylic acids is 1. The molecular formula is C9H7ClO4. The van der Waals surface area contributed by atoms with Gasteiger partial charge in [-0.25, -0.2) is 0 Å². The Morgan fingerprint density at radius 1 is 1.50 bits per heavy atom. The number of carboxylic acids is 1. The average molecular weight is 215 g/mol. The summed E-state index contributed by atoms with van der Waals surface area (Å²) in [6.45, 7) is 0.113. The molecule has 0 saturated heterocycles. The van der Waals surface area contributed by atoms with E-state index in [1.54, 1.807) is 12.1 Å². The van der Waals surface area contributed by atoms with Crippen LogP contribution in [0.5, 0.6) is 11.5 Å². The van der Waals surface area contributed by atoms with Gasteiger partial charge in [0.2, 0.25) is 6.79 Å². The van der Waals surface area contributed by atoms with E-state index in [9.17, 15) is 4.79 Å². The molecule has 0 aromatic heterocycles. The van der Waals surface area contributed by atoms with E-state index in [-0.39, 0.29) is 13.2 Å². The number of halogens is 1. The molecule has 1 N–H and O–H groups in total. The smallest absolute Gasteiger partial charge is 0.308 e. The number of rotatable bonds is 2. The lowest BCUT2D eigenvalue weighted by molar-refractivity contribution is -0.136. The summed E-state index contributed by atoms with van der Waals surface area (Å²) in [5, 5.41) is 9.05. The number of ether oxygens (including phenoxy) is 2. The zero-order valence-corrected chi connectivity index (χ0v) is 7.87. The minimum absolute atomic E-state index is 0.113. The number of hydrogen-bond donors (Lipinski definition) is 1. The molecule has 0 spiro atoms. The van der Waals surface area contributed by atoms with Crippen molar-refractivity contribution in [2.75, 3.05) is 6.79 Å². The van der Waals surface area contributed by atoms with Crippen molar-refractivity contribution in [1.29, 1.82) is 0 Å². The van der Waals surface area contributed by atoms with Crippen molar-refractivity contribution in [3.8, 4) is 11.5 Å². The van der Waals surface area contributed by atoms with Crippen molar-refractivity contribution >= 4 is 17.6 Å². The summed E-state index contributed by atoms with van der Waals surface area (Å²) < 4.78 is 10.2. The second-order valence-corrected chi connectivity index (χ2v) is 3.24. The van der Waals surface area contributed by atoms with Gasteiger partial charge in [-0.15, -0.1) is 0 Å². The Kier molecular flexibility index (Phi) is 2.21. The van der Waals surface area contributed by atoms with Crippen LogP contribution in [0.4, 0.5) is 0 Å². The van der Waals surface area contributed by atoms with Gasteiger partial charge in [-0.3, -0.25) is 4.79 Å². The standard InChI is InChI=1S/C9H7ClO4/c10-6-1-2-7-9(14-4-13-7)5(6)3-8(11)12/h1-2H,3-4H2,(H,11,12). The molecule has 1 aliphatic rings. The lowest BCUT2D eigenvalue weighted by atomic mass is 10.1. The molecule has 1 aliphatic heterocycles. The van der Waals surface area contributed by atoms with Gasteiger partial charge in [0.15, 0.2) is 11.5 Å². The van der Waals surface area contributed by atoms with Crippen LogP contribution in [0.2, 0.25) is 5.02 Å². The molecule has 0 atom stereocenters. The normalized spacial score (nSPS) is 12.9. The van der Waals surface area contributed by atoms with E-state index in [0.29, 0.717) is 22.1 Å². The molecule has 74 valence electrons. The second kappa shape index (κ2) is 3.38. The van der Waals surface area contributed by atoms with Gasteiger partial charge in [-0.05, 0) is 12.1 Å². The lowest BCUT2D eigenvalue weighted by Crippen LogP contribution is -2.02. The first-order valence-electron chi connectivity index (χ1n) is 3.97. The van der Waals surface area contributed by atoms with Gasteiger partial charge in [0, 0.05) is 10.6 Å². The topological polar surface area (TPSA) is 55.8 Å². The third-order valence-corrected chi connectivity index (χ3v) is 2.27. The molecule has 14 heavy (non-hydrogen) atoms. The first kappa shape index (κ1) is 9.15. The highest BCUT2D eigenvalue weighted by Gasteiger charge is 2.21. The van der Waals surface area contributed by atoms with Crippen molar-refractivity contribution in [2.45, 2.75) is 6.42 Å². The highest BCUT2D eigenvalue weighted by molar-refractivity contribution is 6.31. The maximum atomic E-state index is 10.6. The van der Waals surface area contributed by atoms with E-state index in [1.807, 2.05) is 0 Å². The molecular weight excluding hydrogens is 208 g/mol. The van der Waals surface area contributed by atoms with Gasteiger partial charge in [0.1, 0.15) is 0 Å². The summed E-state index contributed by atoms with van der Waals surface area (Å²) in [7, 11) is 0. The molecule has 2 rings (SSSR count). The van der Waals surface area contributed by atoms with Crippen LogP contribution in [-0.2, 0) is 11.2 Å². The fraction of sp³-hybridized carbons (Fsp3) is 0.222. The molecule has 0 aliphatic carbocycles. The molecule has 0 amide bonds. The fourth-order valence-electron chi connectivity index (χ4n) is 1.32. The highest BCUT2D eigenvalue weighted by atomic mass is 35.5. The third-order valence-electron chi connectivity index (χ3n) is 1.91. The highest BCUT2D eigenvalue weighted by Crippen LogP contribution is 2.39. The molecule has 0 saturated carbocycles. The van der Waals surface area contributed by atoms with Crippen LogP contribution in [-0.4, -0.2) is 17.9 Å². The molecule has 0 radical (unpaired) electrons. The number of benzene rings is 1. The van der Waals surface area contributed by atoms with Crippen LogP contribution in [0.3, 0.4) is 0 Å². The number of hydrogen-bond acceptors (Lipinski definition) is 3.